The van der Waals surface area contributed by atoms with E-state index in [0.717, 1.165) is 32.8 Å². The van der Waals surface area contributed by atoms with E-state index in [9.17, 15) is 0 Å². The fourth-order valence-electron chi connectivity index (χ4n) is 1.92. The summed E-state index contributed by atoms with van der Waals surface area (Å²) in [5.74, 6) is 0. The van der Waals surface area contributed by atoms with Crippen LogP contribution in [-0.2, 0) is 21.1 Å². The Morgan fingerprint density at radius 1 is 0.880 bits per heavy atom. The van der Waals surface area contributed by atoms with Crippen LogP contribution in [0, 0.1) is 13.8 Å². The van der Waals surface area contributed by atoms with Gasteiger partial charge >= 0.3 is 0 Å². The molecule has 6 nitrogen and oxygen atoms in total. The van der Waals surface area contributed by atoms with Crippen molar-refractivity contribution in [3.63, 3.8) is 0 Å². The van der Waals surface area contributed by atoms with E-state index in [0.29, 0.717) is 0 Å². The summed E-state index contributed by atoms with van der Waals surface area (Å²) >= 11 is 1.56. The summed E-state index contributed by atoms with van der Waals surface area (Å²) in [5, 5.41) is 17.6. The zero-order valence-electron chi connectivity index (χ0n) is 13.6. The second-order valence-electron chi connectivity index (χ2n) is 4.93. The molecule has 0 atom stereocenters. The number of nitrogens with zero attached hydrogens (tertiary/aromatic N) is 6. The van der Waals surface area contributed by atoms with Gasteiger partial charge in [0.05, 0.1) is 0 Å². The first-order valence-corrected chi connectivity index (χ1v) is 8.14. The average molecular weight is 530 g/mol. The summed E-state index contributed by atoms with van der Waals surface area (Å²) in [6.07, 6.45) is 3.51. The summed E-state index contributed by atoms with van der Waals surface area (Å²) in [7, 11) is 0. The van der Waals surface area contributed by atoms with Gasteiger partial charge in [0.15, 0.2) is 5.01 Å². The number of aryl methyl sites for hydroxylation is 2. The molecule has 25 heavy (non-hydrogen) atoms. The van der Waals surface area contributed by atoms with Gasteiger partial charge in [-0.1, -0.05) is 35.2 Å². The van der Waals surface area contributed by atoms with Crippen molar-refractivity contribution in [3.8, 4) is 22.1 Å². The monoisotopic (exact) mass is 530 g/mol. The number of hydrogen-bond donors (Lipinski definition) is 0. The average Bonchev–Trinajstić information content (AvgIpc) is 3.26. The SMILES string of the molecule is Cc1cc(-c2ccccn2)[n-]n1.Cc1nnc(-c2ccccn2)s1.[Pt]. The van der Waals surface area contributed by atoms with Crippen molar-refractivity contribution < 1.29 is 21.1 Å². The van der Waals surface area contributed by atoms with Crippen molar-refractivity contribution in [3.05, 3.63) is 65.6 Å². The van der Waals surface area contributed by atoms with E-state index >= 15 is 0 Å². The number of rotatable bonds is 2. The summed E-state index contributed by atoms with van der Waals surface area (Å²) < 4.78 is 0. The van der Waals surface area contributed by atoms with Crippen molar-refractivity contribution >= 4 is 11.3 Å². The maximum Gasteiger partial charge on any atom is 0.166 e. The molecule has 0 aromatic carbocycles. The van der Waals surface area contributed by atoms with Crippen LogP contribution in [0.15, 0.2) is 54.9 Å². The van der Waals surface area contributed by atoms with Crippen molar-refractivity contribution in [1.29, 1.82) is 0 Å². The minimum Gasteiger partial charge on any atom is -0.574 e. The van der Waals surface area contributed by atoms with E-state index in [1.54, 1.807) is 23.7 Å². The zero-order valence-corrected chi connectivity index (χ0v) is 16.7. The van der Waals surface area contributed by atoms with Crippen LogP contribution in [0.25, 0.3) is 22.1 Å². The molecule has 0 spiro atoms. The van der Waals surface area contributed by atoms with E-state index in [2.05, 4.69) is 30.4 Å². The van der Waals surface area contributed by atoms with Gasteiger partial charge in [0.25, 0.3) is 0 Å². The van der Waals surface area contributed by atoms with Gasteiger partial charge < -0.3 is 10.2 Å². The van der Waals surface area contributed by atoms with Crippen LogP contribution in [0.2, 0.25) is 0 Å². The Balaban J connectivity index is 0.000000173. The minimum absolute atomic E-state index is 0. The fourth-order valence-corrected chi connectivity index (χ4v) is 2.59. The molecule has 4 aromatic rings. The second-order valence-corrected chi connectivity index (χ2v) is 6.11. The molecule has 0 radical (unpaired) electrons. The summed E-state index contributed by atoms with van der Waals surface area (Å²) in [6.45, 7) is 3.85. The van der Waals surface area contributed by atoms with E-state index < -0.39 is 0 Å². The van der Waals surface area contributed by atoms with Gasteiger partial charge in [0.1, 0.15) is 10.7 Å². The maximum absolute atomic E-state index is 4.17. The first kappa shape index (κ1) is 19.1. The largest absolute Gasteiger partial charge is 0.574 e. The van der Waals surface area contributed by atoms with Crippen LogP contribution in [0.4, 0.5) is 0 Å². The molecule has 0 bridgehead atoms. The Labute approximate surface area is 164 Å². The van der Waals surface area contributed by atoms with Crippen LogP contribution in [-0.4, -0.2) is 25.3 Å². The molecule has 0 aliphatic carbocycles. The quantitative estimate of drug-likeness (QED) is 0.396. The van der Waals surface area contributed by atoms with E-state index in [4.69, 9.17) is 0 Å². The van der Waals surface area contributed by atoms with Gasteiger partial charge in [-0.2, -0.15) is 0 Å². The summed E-state index contributed by atoms with van der Waals surface area (Å²) in [6, 6.07) is 13.4. The smallest absolute Gasteiger partial charge is 0.166 e. The van der Waals surface area contributed by atoms with Gasteiger partial charge in [-0.3, -0.25) is 9.97 Å². The number of aromatic nitrogens is 6. The Morgan fingerprint density at radius 3 is 2.04 bits per heavy atom. The molecule has 8 heteroatoms. The first-order chi connectivity index (χ1) is 11.7. The fraction of sp³-hybridized carbons (Fsp3) is 0.118. The van der Waals surface area contributed by atoms with E-state index in [1.165, 1.54) is 0 Å². The Bertz CT molecular complexity index is 816. The zero-order chi connectivity index (χ0) is 16.8. The summed E-state index contributed by atoms with van der Waals surface area (Å²) in [4.78, 5) is 8.33. The van der Waals surface area contributed by atoms with E-state index in [-0.39, 0.29) is 21.1 Å². The van der Waals surface area contributed by atoms with Gasteiger partial charge in [0, 0.05) is 44.8 Å². The van der Waals surface area contributed by atoms with Crippen LogP contribution in [0.5, 0.6) is 0 Å². The minimum atomic E-state index is 0. The van der Waals surface area contributed by atoms with Crippen LogP contribution in [0.1, 0.15) is 10.7 Å². The van der Waals surface area contributed by atoms with Gasteiger partial charge in [-0.15, -0.1) is 10.2 Å². The molecule has 0 amide bonds. The third-order valence-electron chi connectivity index (χ3n) is 3.00. The van der Waals surface area contributed by atoms with E-state index in [1.807, 2.05) is 56.3 Å². The Morgan fingerprint density at radius 2 is 1.56 bits per heavy atom. The third kappa shape index (κ3) is 5.37. The molecule has 0 aliphatic rings. The Kier molecular flexibility index (Phi) is 7.10. The molecule has 4 rings (SSSR count). The van der Waals surface area contributed by atoms with Crippen LogP contribution < -0.4 is 5.10 Å². The number of hydrogen-bond acceptors (Lipinski definition) is 6. The molecule has 4 heterocycles. The molecule has 0 saturated heterocycles. The number of pyridine rings is 2. The molecule has 0 saturated carbocycles. The van der Waals surface area contributed by atoms with Crippen molar-refractivity contribution in [2.45, 2.75) is 13.8 Å². The maximum atomic E-state index is 4.17. The van der Waals surface area contributed by atoms with Gasteiger partial charge in [-0.25, -0.2) is 0 Å². The third-order valence-corrected chi connectivity index (χ3v) is 3.86. The molecule has 0 fully saturated rings. The summed E-state index contributed by atoms with van der Waals surface area (Å²) in [5.41, 5.74) is 3.53. The normalized spacial score (nSPS) is 9.68. The van der Waals surface area contributed by atoms with Crippen molar-refractivity contribution in [2.75, 3.05) is 0 Å². The van der Waals surface area contributed by atoms with Crippen LogP contribution >= 0.6 is 11.3 Å². The van der Waals surface area contributed by atoms with Crippen molar-refractivity contribution in [2.24, 2.45) is 0 Å². The first-order valence-electron chi connectivity index (χ1n) is 7.32. The molecular weight excluding hydrogens is 515 g/mol. The predicted molar refractivity (Wildman–Crippen MR) is 93.4 cm³/mol. The predicted octanol–water partition coefficient (Wildman–Crippen LogP) is 3.32. The topological polar surface area (TPSA) is 78.5 Å². The molecule has 0 N–H and O–H groups in total. The standard InChI is InChI=1S/C9H8N3.C8H7N3S.Pt/c1-7-6-9(12-11-7)8-4-2-3-5-10-8;1-6-10-11-8(12-6)7-4-2-3-5-9-7;/h2-6H,1H3;2-5H,1H3;/q-1;;. The molecule has 4 aromatic heterocycles. The molecule has 0 aliphatic heterocycles. The van der Waals surface area contributed by atoms with Gasteiger partial charge in [0.2, 0.25) is 0 Å². The molecular formula is C17H15N6PtS-. The Hall–Kier alpha value is -2.24. The van der Waals surface area contributed by atoms with Gasteiger partial charge in [-0.05, 0) is 38.1 Å². The van der Waals surface area contributed by atoms with Crippen LogP contribution in [0.3, 0.4) is 0 Å². The molecule has 130 valence electrons. The molecule has 0 unspecified atom stereocenters. The second kappa shape index (κ2) is 9.30. The van der Waals surface area contributed by atoms with Crippen molar-refractivity contribution in [1.82, 2.24) is 30.4 Å².